The van der Waals surface area contributed by atoms with Gasteiger partial charge in [-0.3, -0.25) is 4.79 Å². The third-order valence-electron chi connectivity index (χ3n) is 3.59. The van der Waals surface area contributed by atoms with Crippen molar-refractivity contribution in [3.63, 3.8) is 0 Å². The third kappa shape index (κ3) is 2.75. The van der Waals surface area contributed by atoms with Crippen molar-refractivity contribution >= 4 is 34.1 Å². The van der Waals surface area contributed by atoms with Crippen molar-refractivity contribution in [2.24, 2.45) is 0 Å². The van der Waals surface area contributed by atoms with Crippen LogP contribution < -0.4 is 15.8 Å². The van der Waals surface area contributed by atoms with E-state index in [0.717, 1.165) is 16.8 Å². The topological polar surface area (TPSA) is 77.2 Å². The van der Waals surface area contributed by atoms with E-state index < -0.39 is 0 Å². The highest BCUT2D eigenvalue weighted by Crippen LogP contribution is 2.35. The van der Waals surface area contributed by atoms with Gasteiger partial charge < -0.3 is 15.8 Å². The van der Waals surface area contributed by atoms with Gasteiger partial charge in [-0.05, 0) is 29.8 Å². The lowest BCUT2D eigenvalue weighted by Crippen LogP contribution is -2.23. The molecule has 0 atom stereocenters. The van der Waals surface area contributed by atoms with E-state index in [-0.39, 0.29) is 11.7 Å². The summed E-state index contributed by atoms with van der Waals surface area (Å²) in [5.41, 5.74) is 8.85. The van der Waals surface area contributed by atoms with E-state index in [1.54, 1.807) is 6.08 Å². The summed E-state index contributed by atoms with van der Waals surface area (Å²) in [5, 5.41) is 5.25. The third-order valence-corrected chi connectivity index (χ3v) is 4.26. The highest BCUT2D eigenvalue weighted by Gasteiger charge is 2.22. The van der Waals surface area contributed by atoms with Gasteiger partial charge in [0.15, 0.2) is 16.6 Å². The van der Waals surface area contributed by atoms with Crippen LogP contribution in [-0.4, -0.2) is 10.9 Å². The Morgan fingerprint density at radius 2 is 2.00 bits per heavy atom. The zero-order chi connectivity index (χ0) is 16.5. The number of nitrogen functional groups attached to an aromatic ring is 1. The van der Waals surface area contributed by atoms with E-state index in [1.807, 2.05) is 53.9 Å². The molecule has 3 N–H and O–H groups in total. The summed E-state index contributed by atoms with van der Waals surface area (Å²) in [6.45, 7) is 0. The lowest BCUT2D eigenvalue weighted by Gasteiger charge is -2.20. The molecule has 0 aliphatic carbocycles. The van der Waals surface area contributed by atoms with Gasteiger partial charge >= 0.3 is 0 Å². The number of anilines is 2. The van der Waals surface area contributed by atoms with Gasteiger partial charge in [0.05, 0.1) is 11.4 Å². The first-order chi connectivity index (χ1) is 11.7. The quantitative estimate of drug-likeness (QED) is 0.699. The van der Waals surface area contributed by atoms with Gasteiger partial charge in [0.1, 0.15) is 0 Å². The first-order valence-corrected chi connectivity index (χ1v) is 8.18. The van der Waals surface area contributed by atoms with Crippen molar-refractivity contribution in [1.29, 1.82) is 0 Å². The molecule has 0 saturated carbocycles. The van der Waals surface area contributed by atoms with Crippen molar-refractivity contribution in [3.8, 4) is 17.0 Å². The number of ether oxygens (including phenoxy) is 1. The van der Waals surface area contributed by atoms with Crippen molar-refractivity contribution in [1.82, 2.24) is 4.98 Å². The van der Waals surface area contributed by atoms with Crippen LogP contribution in [0, 0.1) is 0 Å². The number of nitrogens with two attached hydrogens (primary N) is 1. The molecule has 1 amide bonds. The number of amides is 1. The second kappa shape index (κ2) is 5.82. The number of nitrogens with zero attached hydrogens (tertiary/aromatic N) is 1. The van der Waals surface area contributed by atoms with Crippen molar-refractivity contribution in [2.45, 2.75) is 0 Å². The van der Waals surface area contributed by atoms with Crippen LogP contribution in [0.5, 0.6) is 5.75 Å². The van der Waals surface area contributed by atoms with Gasteiger partial charge in [-0.25, -0.2) is 4.98 Å². The van der Waals surface area contributed by atoms with Crippen LogP contribution in [0.25, 0.3) is 17.3 Å². The molecule has 0 bridgehead atoms. The average Bonchev–Trinajstić information content (AvgIpc) is 3.03. The van der Waals surface area contributed by atoms with Crippen LogP contribution in [0.1, 0.15) is 5.56 Å². The molecule has 0 spiro atoms. The van der Waals surface area contributed by atoms with E-state index in [9.17, 15) is 4.79 Å². The van der Waals surface area contributed by atoms with Gasteiger partial charge in [0.2, 0.25) is 0 Å². The summed E-state index contributed by atoms with van der Waals surface area (Å²) in [7, 11) is 0. The standard InChI is InChI=1S/C18H13N3O2S/c19-18-21-14(10-24-18)12-6-7-15-13(9-12)20-17(22)16(23-15)8-11-4-2-1-3-5-11/h1-10H,(H2,19,21)(H,20,22)/b16-8+. The Morgan fingerprint density at radius 3 is 2.75 bits per heavy atom. The maximum absolute atomic E-state index is 12.3. The molecule has 2 heterocycles. The molecule has 118 valence electrons. The molecule has 6 heteroatoms. The summed E-state index contributed by atoms with van der Waals surface area (Å²) in [4.78, 5) is 16.5. The lowest BCUT2D eigenvalue weighted by atomic mass is 10.1. The molecule has 0 fully saturated rings. The summed E-state index contributed by atoms with van der Waals surface area (Å²) >= 11 is 1.38. The van der Waals surface area contributed by atoms with Crippen molar-refractivity contribution in [3.05, 3.63) is 65.2 Å². The maximum atomic E-state index is 12.3. The first-order valence-electron chi connectivity index (χ1n) is 7.30. The minimum absolute atomic E-state index is 0.263. The molecule has 24 heavy (non-hydrogen) atoms. The molecule has 3 aromatic rings. The van der Waals surface area contributed by atoms with Gasteiger partial charge in [-0.1, -0.05) is 30.3 Å². The molecule has 1 aliphatic heterocycles. The van der Waals surface area contributed by atoms with Crippen LogP contribution in [-0.2, 0) is 4.79 Å². The Morgan fingerprint density at radius 1 is 1.17 bits per heavy atom. The second-order valence-corrected chi connectivity index (χ2v) is 6.15. The number of fused-ring (bicyclic) bond motifs is 1. The number of hydrogen-bond acceptors (Lipinski definition) is 5. The van der Waals surface area contributed by atoms with E-state index in [2.05, 4.69) is 10.3 Å². The Hall–Kier alpha value is -3.12. The molecule has 4 rings (SSSR count). The number of benzene rings is 2. The second-order valence-electron chi connectivity index (χ2n) is 5.26. The predicted molar refractivity (Wildman–Crippen MR) is 95.6 cm³/mol. The van der Waals surface area contributed by atoms with Crippen molar-refractivity contribution in [2.75, 3.05) is 11.1 Å². The molecular weight excluding hydrogens is 322 g/mol. The maximum Gasteiger partial charge on any atom is 0.291 e. The fraction of sp³-hybridized carbons (Fsp3) is 0. The molecule has 0 saturated heterocycles. The summed E-state index contributed by atoms with van der Waals surface area (Å²) in [6, 6.07) is 15.1. The number of carbonyl (C=O) groups is 1. The summed E-state index contributed by atoms with van der Waals surface area (Å²) < 4.78 is 5.75. The van der Waals surface area contributed by atoms with E-state index in [0.29, 0.717) is 16.6 Å². The fourth-order valence-corrected chi connectivity index (χ4v) is 3.01. The highest BCUT2D eigenvalue weighted by molar-refractivity contribution is 7.13. The largest absolute Gasteiger partial charge is 0.449 e. The monoisotopic (exact) mass is 335 g/mol. The average molecular weight is 335 g/mol. The minimum atomic E-state index is -0.277. The molecule has 1 aliphatic rings. The first kappa shape index (κ1) is 14.5. The molecule has 0 unspecified atom stereocenters. The van der Waals surface area contributed by atoms with Gasteiger partial charge in [0.25, 0.3) is 5.91 Å². The zero-order valence-corrected chi connectivity index (χ0v) is 13.3. The van der Waals surface area contributed by atoms with Crippen LogP contribution in [0.15, 0.2) is 59.7 Å². The molecule has 2 aromatic carbocycles. The van der Waals surface area contributed by atoms with Gasteiger partial charge in [0, 0.05) is 10.9 Å². The number of aromatic nitrogens is 1. The normalized spacial score (nSPS) is 14.8. The summed E-state index contributed by atoms with van der Waals surface area (Å²) in [6.07, 6.45) is 1.72. The number of carbonyl (C=O) groups excluding carboxylic acids is 1. The highest BCUT2D eigenvalue weighted by atomic mass is 32.1. The Bertz CT molecular complexity index is 948. The SMILES string of the molecule is Nc1nc(-c2ccc3c(c2)NC(=O)/C(=C\c2ccccc2)O3)cs1. The number of thiazole rings is 1. The van der Waals surface area contributed by atoms with Crippen LogP contribution in [0.3, 0.4) is 0 Å². The lowest BCUT2D eigenvalue weighted by molar-refractivity contribution is -0.115. The molecule has 0 radical (unpaired) electrons. The van der Waals surface area contributed by atoms with Gasteiger partial charge in [-0.2, -0.15) is 0 Å². The van der Waals surface area contributed by atoms with Crippen LogP contribution in [0.4, 0.5) is 10.8 Å². The van der Waals surface area contributed by atoms with E-state index in [1.165, 1.54) is 11.3 Å². The number of nitrogens with one attached hydrogen (secondary N) is 1. The van der Waals surface area contributed by atoms with Crippen LogP contribution in [0.2, 0.25) is 0 Å². The molecule has 5 nitrogen and oxygen atoms in total. The Labute approximate surface area is 142 Å². The number of rotatable bonds is 2. The summed E-state index contributed by atoms with van der Waals surface area (Å²) in [5.74, 6) is 0.587. The molecular formula is C18H13N3O2S. The zero-order valence-electron chi connectivity index (χ0n) is 12.5. The van der Waals surface area contributed by atoms with E-state index in [4.69, 9.17) is 10.5 Å². The Kier molecular flexibility index (Phi) is 3.51. The minimum Gasteiger partial charge on any atom is -0.449 e. The fourth-order valence-electron chi connectivity index (χ4n) is 2.44. The van der Waals surface area contributed by atoms with E-state index >= 15 is 0 Å². The predicted octanol–water partition coefficient (Wildman–Crippen LogP) is 3.76. The molecule has 1 aromatic heterocycles. The van der Waals surface area contributed by atoms with Gasteiger partial charge in [-0.15, -0.1) is 11.3 Å². The number of hydrogen-bond donors (Lipinski definition) is 2. The van der Waals surface area contributed by atoms with Crippen LogP contribution >= 0.6 is 11.3 Å². The smallest absolute Gasteiger partial charge is 0.291 e. The van der Waals surface area contributed by atoms with Crippen molar-refractivity contribution < 1.29 is 9.53 Å². The Balaban J connectivity index is 1.66.